The molecular weight excluding hydrogens is 524 g/mol. The van der Waals surface area contributed by atoms with Crippen LogP contribution < -0.4 is 10.1 Å². The van der Waals surface area contributed by atoms with Crippen LogP contribution in [0.15, 0.2) is 102 Å². The number of nitrogens with one attached hydrogen (secondary N) is 1. The second kappa shape index (κ2) is 13.1. The van der Waals surface area contributed by atoms with Gasteiger partial charge in [-0.2, -0.15) is 0 Å². The minimum atomic E-state index is -0.641. The number of hydrogen-bond acceptors (Lipinski definition) is 7. The molecule has 40 heavy (non-hydrogen) atoms. The van der Waals surface area contributed by atoms with Crippen LogP contribution in [0, 0.1) is 5.92 Å². The number of aromatic nitrogens is 1. The van der Waals surface area contributed by atoms with Gasteiger partial charge >= 0.3 is 0 Å². The molecule has 1 amide bonds. The molecule has 0 aliphatic carbocycles. The third kappa shape index (κ3) is 6.54. The molecule has 0 spiro atoms. The quantitative estimate of drug-likeness (QED) is 0.230. The van der Waals surface area contributed by atoms with Crippen molar-refractivity contribution in [1.29, 1.82) is 0 Å². The van der Waals surface area contributed by atoms with E-state index in [1.807, 2.05) is 72.8 Å². The van der Waals surface area contributed by atoms with Crippen LogP contribution >= 0.6 is 11.8 Å². The first-order valence-corrected chi connectivity index (χ1v) is 14.1. The summed E-state index contributed by atoms with van der Waals surface area (Å²) in [6, 6.07) is 26.8. The first-order chi connectivity index (χ1) is 19.6. The number of benzene rings is 3. The van der Waals surface area contributed by atoms with E-state index in [0.29, 0.717) is 17.0 Å². The summed E-state index contributed by atoms with van der Waals surface area (Å²) in [5.74, 6) is 1.34. The molecule has 0 saturated carbocycles. The Bertz CT molecular complexity index is 1420. The molecule has 4 aromatic rings. The predicted octanol–water partition coefficient (Wildman–Crippen LogP) is 6.42. The summed E-state index contributed by atoms with van der Waals surface area (Å²) in [5.41, 5.74) is 3.79. The van der Waals surface area contributed by atoms with Gasteiger partial charge in [-0.1, -0.05) is 55.5 Å². The van der Waals surface area contributed by atoms with E-state index in [4.69, 9.17) is 14.2 Å². The number of nitrogens with zero attached hydrogens (tertiary/aromatic N) is 1. The van der Waals surface area contributed by atoms with Gasteiger partial charge in [0.15, 0.2) is 6.29 Å². The molecule has 0 bridgehead atoms. The molecule has 5 rings (SSSR count). The largest absolute Gasteiger partial charge is 0.496 e. The number of anilines is 1. The monoisotopic (exact) mass is 556 g/mol. The number of carbonyl (C=O) groups excluding carboxylic acids is 1. The number of hydrogen-bond donors (Lipinski definition) is 2. The van der Waals surface area contributed by atoms with Crippen molar-refractivity contribution in [3.05, 3.63) is 120 Å². The summed E-state index contributed by atoms with van der Waals surface area (Å²) in [6.45, 7) is 2.13. The van der Waals surface area contributed by atoms with Crippen LogP contribution in [0.1, 0.15) is 46.4 Å². The second-order valence-corrected chi connectivity index (χ2v) is 10.7. The standard InChI is InChI=1S/C32H32N2O5S/c1-21-28(20-40-29-11-4-3-10-27(29)37-2)38-32(39-30(21)23-14-12-22(19-35)13-15-23)24-7-5-9-26(17-24)34-31(36)25-8-6-16-33-18-25/h3-18,21,28,30,32,35H,19-20H2,1-2H3,(H,34,36)/t21-,28+,30+,32+/m0/s1. The van der Waals surface area contributed by atoms with Gasteiger partial charge in [-0.25, -0.2) is 0 Å². The Labute approximate surface area is 238 Å². The van der Waals surface area contributed by atoms with Crippen LogP contribution in [0.5, 0.6) is 5.75 Å². The highest BCUT2D eigenvalue weighted by Crippen LogP contribution is 2.44. The summed E-state index contributed by atoms with van der Waals surface area (Å²) in [6.07, 6.45) is 2.15. The van der Waals surface area contributed by atoms with Gasteiger partial charge in [-0.05, 0) is 47.5 Å². The number of amides is 1. The van der Waals surface area contributed by atoms with E-state index < -0.39 is 6.29 Å². The molecule has 1 aliphatic heterocycles. The smallest absolute Gasteiger partial charge is 0.257 e. The summed E-state index contributed by atoms with van der Waals surface area (Å²) < 4.78 is 18.7. The molecule has 1 aromatic heterocycles. The van der Waals surface area contributed by atoms with Crippen molar-refractivity contribution in [2.45, 2.75) is 36.9 Å². The lowest BCUT2D eigenvalue weighted by molar-refractivity contribution is -0.268. The van der Waals surface area contributed by atoms with Crippen molar-refractivity contribution in [3.63, 3.8) is 0 Å². The minimum absolute atomic E-state index is 0.0111. The van der Waals surface area contributed by atoms with E-state index in [1.165, 1.54) is 6.20 Å². The van der Waals surface area contributed by atoms with Crippen molar-refractivity contribution in [1.82, 2.24) is 4.98 Å². The van der Waals surface area contributed by atoms with E-state index >= 15 is 0 Å². The van der Waals surface area contributed by atoms with Crippen LogP contribution in [0.3, 0.4) is 0 Å². The van der Waals surface area contributed by atoms with E-state index in [9.17, 15) is 9.90 Å². The Morgan fingerprint density at radius 1 is 1.00 bits per heavy atom. The van der Waals surface area contributed by atoms with Crippen molar-refractivity contribution >= 4 is 23.4 Å². The number of pyridine rings is 1. The molecule has 0 unspecified atom stereocenters. The van der Waals surface area contributed by atoms with Gasteiger partial charge in [0.25, 0.3) is 5.91 Å². The summed E-state index contributed by atoms with van der Waals surface area (Å²) in [5, 5.41) is 12.4. The zero-order valence-corrected chi connectivity index (χ0v) is 23.2. The first-order valence-electron chi connectivity index (χ1n) is 13.1. The molecule has 1 fully saturated rings. The van der Waals surface area contributed by atoms with Crippen molar-refractivity contribution in [2.24, 2.45) is 5.92 Å². The average molecular weight is 557 g/mol. The number of rotatable bonds is 9. The highest BCUT2D eigenvalue weighted by molar-refractivity contribution is 7.99. The molecule has 2 heterocycles. The maximum Gasteiger partial charge on any atom is 0.257 e. The fraction of sp³-hybridized carbons (Fsp3) is 0.250. The molecule has 1 aliphatic rings. The fourth-order valence-electron chi connectivity index (χ4n) is 4.68. The molecule has 206 valence electrons. The van der Waals surface area contributed by atoms with E-state index in [-0.39, 0.29) is 30.6 Å². The van der Waals surface area contributed by atoms with E-state index in [1.54, 1.807) is 37.2 Å². The molecule has 7 nitrogen and oxygen atoms in total. The van der Waals surface area contributed by atoms with Gasteiger partial charge in [0.05, 0.1) is 31.5 Å². The first kappa shape index (κ1) is 27.9. The van der Waals surface area contributed by atoms with Crippen LogP contribution in [-0.2, 0) is 16.1 Å². The summed E-state index contributed by atoms with van der Waals surface area (Å²) in [7, 11) is 1.68. The minimum Gasteiger partial charge on any atom is -0.496 e. The zero-order valence-electron chi connectivity index (χ0n) is 22.4. The molecule has 1 saturated heterocycles. The molecular formula is C32H32N2O5S. The highest BCUT2D eigenvalue weighted by atomic mass is 32.2. The zero-order chi connectivity index (χ0) is 27.9. The molecule has 4 atom stereocenters. The lowest BCUT2D eigenvalue weighted by atomic mass is 9.91. The van der Waals surface area contributed by atoms with Crippen molar-refractivity contribution in [2.75, 3.05) is 18.2 Å². The Kier molecular flexibility index (Phi) is 9.13. The Morgan fingerprint density at radius 3 is 2.58 bits per heavy atom. The van der Waals surface area contributed by atoms with Gasteiger partial charge in [0.2, 0.25) is 0 Å². The maximum atomic E-state index is 12.7. The molecule has 2 N–H and O–H groups in total. The lowest BCUT2D eigenvalue weighted by Gasteiger charge is -2.41. The number of aliphatic hydroxyl groups is 1. The van der Waals surface area contributed by atoms with Crippen LogP contribution in [0.2, 0.25) is 0 Å². The molecule has 3 aromatic carbocycles. The van der Waals surface area contributed by atoms with Gasteiger partial charge < -0.3 is 24.6 Å². The molecule has 0 radical (unpaired) electrons. The second-order valence-electron chi connectivity index (χ2n) is 9.61. The molecule has 8 heteroatoms. The van der Waals surface area contributed by atoms with Crippen LogP contribution in [0.25, 0.3) is 0 Å². The average Bonchev–Trinajstić information content (AvgIpc) is 3.01. The SMILES string of the molecule is COc1ccccc1SC[C@H]1O[C@@H](c2cccc(NC(=O)c3cccnc3)c2)O[C@@H](c2ccc(CO)cc2)[C@H]1C. The van der Waals surface area contributed by atoms with E-state index in [0.717, 1.165) is 27.3 Å². The number of methoxy groups -OCH3 is 1. The van der Waals surface area contributed by atoms with Gasteiger partial charge in [-0.15, -0.1) is 11.8 Å². The highest BCUT2D eigenvalue weighted by Gasteiger charge is 2.38. The third-order valence-electron chi connectivity index (χ3n) is 6.94. The van der Waals surface area contributed by atoms with Gasteiger partial charge in [0, 0.05) is 40.2 Å². The van der Waals surface area contributed by atoms with Gasteiger partial charge in [0.1, 0.15) is 5.75 Å². The topological polar surface area (TPSA) is 89.9 Å². The number of thioether (sulfide) groups is 1. The van der Waals surface area contributed by atoms with Crippen molar-refractivity contribution < 1.29 is 24.1 Å². The van der Waals surface area contributed by atoms with Crippen LogP contribution in [-0.4, -0.2) is 35.0 Å². The van der Waals surface area contributed by atoms with E-state index in [2.05, 4.69) is 17.2 Å². The summed E-state index contributed by atoms with van der Waals surface area (Å²) in [4.78, 5) is 17.8. The van der Waals surface area contributed by atoms with Crippen LogP contribution in [0.4, 0.5) is 5.69 Å². The Morgan fingerprint density at radius 2 is 1.82 bits per heavy atom. The number of carbonyl (C=O) groups is 1. The maximum absolute atomic E-state index is 12.7. The predicted molar refractivity (Wildman–Crippen MR) is 155 cm³/mol. The Hall–Kier alpha value is -3.69. The lowest BCUT2D eigenvalue weighted by Crippen LogP contribution is -2.38. The summed E-state index contributed by atoms with van der Waals surface area (Å²) >= 11 is 1.69. The number of para-hydroxylation sites is 1. The van der Waals surface area contributed by atoms with Crippen molar-refractivity contribution in [3.8, 4) is 5.75 Å². The third-order valence-corrected chi connectivity index (χ3v) is 8.08. The fourth-order valence-corrected chi connectivity index (χ4v) is 5.88. The van der Waals surface area contributed by atoms with Gasteiger partial charge in [-0.3, -0.25) is 9.78 Å². The normalized spacial score (nSPS) is 20.6. The number of aliphatic hydroxyl groups excluding tert-OH is 1. The number of ether oxygens (including phenoxy) is 3. The Balaban J connectivity index is 1.39.